The Labute approximate surface area is 77.6 Å². The van der Waals surface area contributed by atoms with Crippen LogP contribution in [0.5, 0.6) is 0 Å². The third-order valence-corrected chi connectivity index (χ3v) is 5.92. The summed E-state index contributed by atoms with van der Waals surface area (Å²) < 4.78 is 1.15. The van der Waals surface area contributed by atoms with Gasteiger partial charge in [-0.05, 0) is 0 Å². The molecule has 0 rings (SSSR count). The van der Waals surface area contributed by atoms with Crippen molar-refractivity contribution in [2.24, 2.45) is 0 Å². The first-order valence-corrected chi connectivity index (χ1v) is 6.79. The summed E-state index contributed by atoms with van der Waals surface area (Å²) in [6, 6.07) is 0. The zero-order valence-corrected chi connectivity index (χ0v) is 9.14. The van der Waals surface area contributed by atoms with Crippen LogP contribution in [0.3, 0.4) is 0 Å². The summed E-state index contributed by atoms with van der Waals surface area (Å²) in [6.07, 6.45) is 1.16. The zero-order valence-electron chi connectivity index (χ0n) is 6.09. The Morgan fingerprint density at radius 2 is 1.50 bits per heavy atom. The fourth-order valence-electron chi connectivity index (χ4n) is 0.644. The average Bonchev–Trinajstić information content (AvgIpc) is 2.01. The highest BCUT2D eigenvalue weighted by atomic mass is 127. The molecule has 0 aromatic heterocycles. The lowest BCUT2D eigenvalue weighted by Crippen LogP contribution is -1.89. The molecule has 0 atom stereocenters. The van der Waals surface area contributed by atoms with Gasteiger partial charge in [-0.1, -0.05) is 42.3 Å². The van der Waals surface area contributed by atoms with E-state index in [1.807, 2.05) is 17.5 Å². The molecular formula is C8H13IP+. The number of alkyl halides is 1. The normalized spacial score (nSPS) is 10.5. The molecule has 2 heteroatoms. The minimum atomic E-state index is -1.15. The lowest BCUT2D eigenvalue weighted by Gasteiger charge is -2.10. The second-order valence-electron chi connectivity index (χ2n) is 1.96. The third-order valence-electron chi connectivity index (χ3n) is 1.49. The van der Waals surface area contributed by atoms with Crippen LogP contribution in [0, 0.1) is 0 Å². The molecular weight excluding hydrogens is 254 g/mol. The summed E-state index contributed by atoms with van der Waals surface area (Å²) in [5.41, 5.74) is 0. The lowest BCUT2D eigenvalue weighted by atomic mass is 11.0. The van der Waals surface area contributed by atoms with Crippen molar-refractivity contribution in [3.8, 4) is 0 Å². The standard InChI is InChI=1S/C8H13IP/c1-4-10(5-2,6-3)8-7-9/h4-6H,1-3,7-8H2/q+1. The number of rotatable bonds is 5. The molecule has 0 radical (unpaired) electrons. The van der Waals surface area contributed by atoms with Crippen LogP contribution in [0.1, 0.15) is 0 Å². The Kier molecular flexibility index (Phi) is 5.28. The molecule has 0 fully saturated rings. The van der Waals surface area contributed by atoms with E-state index in [1.54, 1.807) is 0 Å². The van der Waals surface area contributed by atoms with Crippen LogP contribution in [-0.4, -0.2) is 10.6 Å². The van der Waals surface area contributed by atoms with E-state index >= 15 is 0 Å². The van der Waals surface area contributed by atoms with E-state index in [4.69, 9.17) is 0 Å². The Bertz CT molecular complexity index is 118. The van der Waals surface area contributed by atoms with Crippen LogP contribution < -0.4 is 0 Å². The molecule has 0 heterocycles. The summed E-state index contributed by atoms with van der Waals surface area (Å²) in [5.74, 6) is 6.02. The van der Waals surface area contributed by atoms with Crippen LogP contribution in [-0.2, 0) is 0 Å². The molecule has 0 aliphatic rings. The Balaban J connectivity index is 4.29. The smallest absolute Gasteiger partial charge is 0.0824 e. The summed E-state index contributed by atoms with van der Waals surface area (Å²) in [6.45, 7) is 11.4. The van der Waals surface area contributed by atoms with E-state index in [0.717, 1.165) is 10.6 Å². The number of halogens is 1. The fraction of sp³-hybridized carbons (Fsp3) is 0.250. The van der Waals surface area contributed by atoms with E-state index in [1.165, 1.54) is 0 Å². The third kappa shape index (κ3) is 2.55. The van der Waals surface area contributed by atoms with Crippen molar-refractivity contribution >= 4 is 29.9 Å². The predicted octanol–water partition coefficient (Wildman–Crippen LogP) is 3.87. The molecule has 0 aromatic rings. The summed E-state index contributed by atoms with van der Waals surface area (Å²) in [7, 11) is -1.15. The molecule has 0 aliphatic heterocycles. The SMILES string of the molecule is C=C[P+](C=C)(C=C)CCI. The Morgan fingerprint density at radius 1 is 1.10 bits per heavy atom. The molecule has 0 unspecified atom stereocenters. The van der Waals surface area contributed by atoms with E-state index in [-0.39, 0.29) is 0 Å². The molecule has 0 amide bonds. The number of hydrogen-bond acceptors (Lipinski definition) is 0. The van der Waals surface area contributed by atoms with Crippen molar-refractivity contribution in [3.63, 3.8) is 0 Å². The van der Waals surface area contributed by atoms with Gasteiger partial charge in [0.25, 0.3) is 0 Å². The molecule has 10 heavy (non-hydrogen) atoms. The van der Waals surface area contributed by atoms with Crippen LogP contribution in [0.2, 0.25) is 0 Å². The van der Waals surface area contributed by atoms with Gasteiger partial charge >= 0.3 is 0 Å². The molecule has 0 N–H and O–H groups in total. The first kappa shape index (κ1) is 10.4. The molecule has 0 saturated carbocycles. The summed E-state index contributed by atoms with van der Waals surface area (Å²) >= 11 is 2.37. The molecule has 0 nitrogen and oxygen atoms in total. The van der Waals surface area contributed by atoms with Gasteiger partial charge in [0.1, 0.15) is 0 Å². The van der Waals surface area contributed by atoms with Crippen LogP contribution in [0.4, 0.5) is 0 Å². The van der Waals surface area contributed by atoms with Gasteiger partial charge in [-0.3, -0.25) is 0 Å². The van der Waals surface area contributed by atoms with E-state index in [2.05, 4.69) is 42.3 Å². The van der Waals surface area contributed by atoms with Crippen LogP contribution in [0.25, 0.3) is 0 Å². The lowest BCUT2D eigenvalue weighted by molar-refractivity contribution is 1.57. The maximum Gasteiger partial charge on any atom is 0.0881 e. The maximum absolute atomic E-state index is 3.80. The van der Waals surface area contributed by atoms with E-state index in [0.29, 0.717) is 0 Å². The molecule has 0 saturated heterocycles. The molecule has 0 spiro atoms. The highest BCUT2D eigenvalue weighted by Gasteiger charge is 2.25. The Morgan fingerprint density at radius 3 is 1.60 bits per heavy atom. The highest BCUT2D eigenvalue weighted by molar-refractivity contribution is 14.1. The highest BCUT2D eigenvalue weighted by Crippen LogP contribution is 2.62. The first-order valence-electron chi connectivity index (χ1n) is 3.08. The van der Waals surface area contributed by atoms with Gasteiger partial charge < -0.3 is 0 Å². The molecule has 0 aromatic carbocycles. The van der Waals surface area contributed by atoms with Crippen LogP contribution in [0.15, 0.2) is 37.2 Å². The van der Waals surface area contributed by atoms with Gasteiger partial charge in [0.2, 0.25) is 0 Å². The van der Waals surface area contributed by atoms with Gasteiger partial charge in [-0.15, -0.1) is 0 Å². The van der Waals surface area contributed by atoms with Crippen molar-refractivity contribution in [2.75, 3.05) is 10.6 Å². The largest absolute Gasteiger partial charge is 0.0881 e. The van der Waals surface area contributed by atoms with Gasteiger partial charge in [-0.2, -0.15) is 0 Å². The summed E-state index contributed by atoms with van der Waals surface area (Å²) in [5, 5.41) is 0. The predicted molar refractivity (Wildman–Crippen MR) is 61.3 cm³/mol. The molecule has 0 aliphatic carbocycles. The number of hydrogen-bond donors (Lipinski definition) is 0. The molecule has 0 bridgehead atoms. The van der Waals surface area contributed by atoms with Crippen molar-refractivity contribution in [1.29, 1.82) is 0 Å². The van der Waals surface area contributed by atoms with Crippen LogP contribution >= 0.6 is 29.9 Å². The van der Waals surface area contributed by atoms with E-state index in [9.17, 15) is 0 Å². The van der Waals surface area contributed by atoms with Crippen molar-refractivity contribution in [1.82, 2.24) is 0 Å². The fourth-order valence-corrected chi connectivity index (χ4v) is 4.44. The van der Waals surface area contributed by atoms with Crippen molar-refractivity contribution in [3.05, 3.63) is 37.2 Å². The van der Waals surface area contributed by atoms with Gasteiger partial charge in [0.05, 0.1) is 30.9 Å². The van der Waals surface area contributed by atoms with Gasteiger partial charge in [-0.25, -0.2) is 0 Å². The summed E-state index contributed by atoms with van der Waals surface area (Å²) in [4.78, 5) is 0. The topological polar surface area (TPSA) is 0 Å². The average molecular weight is 267 g/mol. The maximum atomic E-state index is 3.80. The Hall–Kier alpha value is 0.380. The zero-order chi connectivity index (χ0) is 8.04. The molecule has 56 valence electrons. The monoisotopic (exact) mass is 267 g/mol. The van der Waals surface area contributed by atoms with Crippen molar-refractivity contribution in [2.45, 2.75) is 0 Å². The first-order chi connectivity index (χ1) is 4.74. The van der Waals surface area contributed by atoms with Gasteiger partial charge in [0, 0.05) is 4.43 Å². The quantitative estimate of drug-likeness (QED) is 0.403. The van der Waals surface area contributed by atoms with E-state index < -0.39 is 7.26 Å². The minimum absolute atomic E-state index is 1.15. The second-order valence-corrected chi connectivity index (χ2v) is 6.57. The second kappa shape index (κ2) is 5.09. The van der Waals surface area contributed by atoms with Gasteiger partial charge in [0.15, 0.2) is 0 Å². The van der Waals surface area contributed by atoms with Crippen molar-refractivity contribution < 1.29 is 0 Å². The minimum Gasteiger partial charge on any atom is -0.0824 e.